The first kappa shape index (κ1) is 13.9. The molecule has 0 saturated heterocycles. The number of ether oxygens (including phenoxy) is 1. The van der Waals surface area contributed by atoms with Gasteiger partial charge in [-0.05, 0) is 24.6 Å². The molecule has 90 valence electrons. The normalized spacial score (nSPS) is 9.53. The van der Waals surface area contributed by atoms with Crippen molar-refractivity contribution in [2.75, 3.05) is 13.2 Å². The van der Waals surface area contributed by atoms with Gasteiger partial charge in [0, 0.05) is 4.47 Å². The number of nitrogens with one attached hydrogen (secondary N) is 1. The highest BCUT2D eigenvalue weighted by atomic mass is 79.9. The molecule has 0 saturated carbocycles. The van der Waals surface area contributed by atoms with E-state index in [2.05, 4.69) is 27.2 Å². The van der Waals surface area contributed by atoms with Crippen LogP contribution in [0, 0.1) is 19.3 Å². The largest absolute Gasteiger partial charge is 0.482 e. The number of terminal acetylenes is 1. The third-order valence-electron chi connectivity index (χ3n) is 1.93. The van der Waals surface area contributed by atoms with E-state index in [-0.39, 0.29) is 19.1 Å². The Balaban J connectivity index is 2.64. The zero-order chi connectivity index (χ0) is 12.8. The van der Waals surface area contributed by atoms with E-state index in [1.54, 1.807) is 6.07 Å². The highest BCUT2D eigenvalue weighted by molar-refractivity contribution is 9.10. The molecule has 1 N–H and O–H groups in total. The van der Waals surface area contributed by atoms with E-state index in [4.69, 9.17) is 22.8 Å². The second-order valence-corrected chi connectivity index (χ2v) is 4.63. The molecule has 0 atom stereocenters. The number of halogens is 2. The minimum Gasteiger partial charge on any atom is -0.482 e. The van der Waals surface area contributed by atoms with Crippen molar-refractivity contribution in [2.24, 2.45) is 0 Å². The molecule has 0 radical (unpaired) electrons. The van der Waals surface area contributed by atoms with Gasteiger partial charge in [0.25, 0.3) is 5.91 Å². The van der Waals surface area contributed by atoms with Gasteiger partial charge in [-0.3, -0.25) is 4.79 Å². The lowest BCUT2D eigenvalue weighted by atomic mass is 10.2. The van der Waals surface area contributed by atoms with Crippen molar-refractivity contribution < 1.29 is 9.53 Å². The van der Waals surface area contributed by atoms with Crippen molar-refractivity contribution in [1.82, 2.24) is 5.32 Å². The summed E-state index contributed by atoms with van der Waals surface area (Å²) in [5.41, 5.74) is 0.856. The Hall–Kier alpha value is -1.18. The highest BCUT2D eigenvalue weighted by Crippen LogP contribution is 2.31. The Morgan fingerprint density at radius 2 is 2.35 bits per heavy atom. The Morgan fingerprint density at radius 1 is 1.65 bits per heavy atom. The minimum atomic E-state index is -0.277. The number of amides is 1. The third kappa shape index (κ3) is 4.29. The molecule has 0 fully saturated rings. The maximum Gasteiger partial charge on any atom is 0.258 e. The van der Waals surface area contributed by atoms with Crippen LogP contribution < -0.4 is 10.1 Å². The summed E-state index contributed by atoms with van der Waals surface area (Å²) in [7, 11) is 0. The Kier molecular flexibility index (Phi) is 5.33. The van der Waals surface area contributed by atoms with Gasteiger partial charge in [0.2, 0.25) is 0 Å². The number of rotatable bonds is 4. The van der Waals surface area contributed by atoms with Crippen LogP contribution in [0.4, 0.5) is 0 Å². The van der Waals surface area contributed by atoms with Crippen LogP contribution in [0.5, 0.6) is 5.75 Å². The van der Waals surface area contributed by atoms with Crippen LogP contribution in [-0.2, 0) is 4.79 Å². The Morgan fingerprint density at radius 3 is 2.94 bits per heavy atom. The lowest BCUT2D eigenvalue weighted by Crippen LogP contribution is -2.29. The fourth-order valence-electron chi connectivity index (χ4n) is 1.21. The quantitative estimate of drug-likeness (QED) is 0.867. The summed E-state index contributed by atoms with van der Waals surface area (Å²) in [6, 6.07) is 3.57. The molecule has 0 aliphatic heterocycles. The molecule has 1 aromatic carbocycles. The molecule has 0 bridgehead atoms. The summed E-state index contributed by atoms with van der Waals surface area (Å²) in [6.45, 7) is 1.93. The van der Waals surface area contributed by atoms with Gasteiger partial charge in [0.1, 0.15) is 5.75 Å². The van der Waals surface area contributed by atoms with Crippen molar-refractivity contribution >= 4 is 33.4 Å². The van der Waals surface area contributed by atoms with Crippen LogP contribution in [0.25, 0.3) is 0 Å². The van der Waals surface area contributed by atoms with Gasteiger partial charge < -0.3 is 10.1 Å². The van der Waals surface area contributed by atoms with Gasteiger partial charge in [0.05, 0.1) is 11.6 Å². The van der Waals surface area contributed by atoms with Gasteiger partial charge in [-0.2, -0.15) is 0 Å². The lowest BCUT2D eigenvalue weighted by Gasteiger charge is -2.11. The van der Waals surface area contributed by atoms with Gasteiger partial charge >= 0.3 is 0 Å². The van der Waals surface area contributed by atoms with E-state index in [0.29, 0.717) is 10.8 Å². The average Bonchev–Trinajstić information content (AvgIpc) is 2.24. The van der Waals surface area contributed by atoms with Crippen molar-refractivity contribution in [2.45, 2.75) is 6.92 Å². The molecule has 0 aliphatic rings. The van der Waals surface area contributed by atoms with Gasteiger partial charge in [0.15, 0.2) is 6.61 Å². The van der Waals surface area contributed by atoms with Crippen LogP contribution in [0.3, 0.4) is 0 Å². The number of hydrogen-bond donors (Lipinski definition) is 1. The van der Waals surface area contributed by atoms with Gasteiger partial charge in [-0.15, -0.1) is 6.42 Å². The van der Waals surface area contributed by atoms with E-state index < -0.39 is 0 Å². The number of benzene rings is 1. The second kappa shape index (κ2) is 6.53. The van der Waals surface area contributed by atoms with E-state index >= 15 is 0 Å². The highest BCUT2D eigenvalue weighted by Gasteiger charge is 2.09. The predicted octanol–water partition coefficient (Wildman–Crippen LogP) is 2.54. The lowest BCUT2D eigenvalue weighted by molar-refractivity contribution is -0.122. The molecule has 0 spiro atoms. The Bertz CT molecular complexity index is 445. The van der Waals surface area contributed by atoms with Crippen molar-refractivity contribution in [3.63, 3.8) is 0 Å². The van der Waals surface area contributed by atoms with Crippen LogP contribution in [0.2, 0.25) is 5.02 Å². The van der Waals surface area contributed by atoms with Crippen LogP contribution in [-0.4, -0.2) is 19.1 Å². The van der Waals surface area contributed by atoms with E-state index in [0.717, 1.165) is 10.0 Å². The molecule has 5 heteroatoms. The molecular formula is C12H11BrClNO2. The molecule has 1 aromatic rings. The topological polar surface area (TPSA) is 38.3 Å². The maximum absolute atomic E-state index is 11.3. The number of carbonyl (C=O) groups excluding carboxylic acids is 1. The van der Waals surface area contributed by atoms with Crippen LogP contribution in [0.15, 0.2) is 16.6 Å². The van der Waals surface area contributed by atoms with E-state index in [9.17, 15) is 4.79 Å². The molecule has 0 heterocycles. The third-order valence-corrected chi connectivity index (χ3v) is 2.67. The van der Waals surface area contributed by atoms with Gasteiger partial charge in [-0.1, -0.05) is 33.5 Å². The summed E-state index contributed by atoms with van der Waals surface area (Å²) < 4.78 is 6.21. The SMILES string of the molecule is C#CCNC(=O)COc1c(C)cc(Br)cc1Cl. The Labute approximate surface area is 114 Å². The maximum atomic E-state index is 11.3. The monoisotopic (exact) mass is 315 g/mol. The molecule has 17 heavy (non-hydrogen) atoms. The first-order chi connectivity index (χ1) is 8.04. The molecule has 1 amide bonds. The first-order valence-electron chi connectivity index (χ1n) is 4.83. The van der Waals surface area contributed by atoms with Crippen molar-refractivity contribution in [1.29, 1.82) is 0 Å². The summed E-state index contributed by atoms with van der Waals surface area (Å²) >= 11 is 9.32. The van der Waals surface area contributed by atoms with E-state index in [1.165, 1.54) is 0 Å². The summed E-state index contributed by atoms with van der Waals surface area (Å²) in [4.78, 5) is 11.3. The number of hydrogen-bond acceptors (Lipinski definition) is 2. The van der Waals surface area contributed by atoms with Crippen LogP contribution in [0.1, 0.15) is 5.56 Å². The summed E-state index contributed by atoms with van der Waals surface area (Å²) in [6.07, 6.45) is 5.02. The predicted molar refractivity (Wildman–Crippen MR) is 71.2 cm³/mol. The van der Waals surface area contributed by atoms with E-state index in [1.807, 2.05) is 13.0 Å². The molecule has 0 unspecified atom stereocenters. The molecule has 3 nitrogen and oxygen atoms in total. The average molecular weight is 317 g/mol. The van der Waals surface area contributed by atoms with Crippen LogP contribution >= 0.6 is 27.5 Å². The van der Waals surface area contributed by atoms with Gasteiger partial charge in [-0.25, -0.2) is 0 Å². The standard InChI is InChI=1S/C12H11BrClNO2/c1-3-4-15-11(16)7-17-12-8(2)5-9(13)6-10(12)14/h1,5-6H,4,7H2,2H3,(H,15,16). The minimum absolute atomic E-state index is 0.107. The molecule has 0 aromatic heterocycles. The first-order valence-corrected chi connectivity index (χ1v) is 6.00. The zero-order valence-electron chi connectivity index (χ0n) is 9.22. The smallest absolute Gasteiger partial charge is 0.258 e. The molecule has 0 aliphatic carbocycles. The number of aryl methyl sites for hydroxylation is 1. The number of carbonyl (C=O) groups is 1. The summed E-state index contributed by atoms with van der Waals surface area (Å²) in [5, 5.41) is 2.96. The van der Waals surface area contributed by atoms with Crippen molar-refractivity contribution in [3.8, 4) is 18.1 Å². The second-order valence-electron chi connectivity index (χ2n) is 3.30. The molecular weight excluding hydrogens is 305 g/mol. The fraction of sp³-hybridized carbons (Fsp3) is 0.250. The fourth-order valence-corrected chi connectivity index (χ4v) is 2.24. The van der Waals surface area contributed by atoms with Crippen molar-refractivity contribution in [3.05, 3.63) is 27.2 Å². The summed E-state index contributed by atoms with van der Waals surface area (Å²) in [5.74, 6) is 2.54. The zero-order valence-corrected chi connectivity index (χ0v) is 11.6. The molecule has 1 rings (SSSR count).